The molecule has 25 heavy (non-hydrogen) atoms. The van der Waals surface area contributed by atoms with E-state index < -0.39 is 23.8 Å². The Hall–Kier alpha value is -3.06. The van der Waals surface area contributed by atoms with Crippen molar-refractivity contribution in [3.63, 3.8) is 0 Å². The second-order valence-electron chi connectivity index (χ2n) is 6.28. The van der Waals surface area contributed by atoms with Gasteiger partial charge in [0, 0.05) is 11.4 Å². The molecular weight excluding hydrogens is 320 g/mol. The van der Waals surface area contributed by atoms with Crippen molar-refractivity contribution >= 4 is 23.4 Å². The first kappa shape index (κ1) is 16.8. The molecule has 0 unspecified atom stereocenters. The number of anilines is 2. The minimum absolute atomic E-state index is 0.507. The van der Waals surface area contributed by atoms with Gasteiger partial charge in [0.1, 0.15) is 5.54 Å². The van der Waals surface area contributed by atoms with Crippen LogP contribution in [0.15, 0.2) is 60.7 Å². The van der Waals surface area contributed by atoms with E-state index >= 15 is 0 Å². The summed E-state index contributed by atoms with van der Waals surface area (Å²) in [5.74, 6) is 0. The zero-order valence-electron chi connectivity index (χ0n) is 14.0. The van der Waals surface area contributed by atoms with Gasteiger partial charge < -0.3 is 10.4 Å². The van der Waals surface area contributed by atoms with E-state index in [2.05, 4.69) is 10.7 Å². The minimum Gasteiger partial charge on any atom is -0.371 e. The molecule has 2 aromatic carbocycles. The first-order valence-corrected chi connectivity index (χ1v) is 7.90. The summed E-state index contributed by atoms with van der Waals surface area (Å²) in [7, 11) is 0. The average Bonchev–Trinajstić information content (AvgIpc) is 2.76. The van der Waals surface area contributed by atoms with Crippen LogP contribution in [-0.4, -0.2) is 33.9 Å². The van der Waals surface area contributed by atoms with Gasteiger partial charge >= 0.3 is 12.1 Å². The fourth-order valence-electron chi connectivity index (χ4n) is 2.70. The monoisotopic (exact) mass is 340 g/mol. The third-order valence-electron chi connectivity index (χ3n) is 4.13. The number of para-hydroxylation sites is 2. The predicted octanol–water partition coefficient (Wildman–Crippen LogP) is 2.76. The number of urea groups is 2. The highest BCUT2D eigenvalue weighted by Gasteiger charge is 2.52. The maximum atomic E-state index is 12.8. The van der Waals surface area contributed by atoms with Gasteiger partial charge in [-0.15, -0.1) is 0 Å². The molecule has 0 saturated carbocycles. The molecule has 4 amide bonds. The van der Waals surface area contributed by atoms with Crippen molar-refractivity contribution in [2.45, 2.75) is 25.6 Å². The van der Waals surface area contributed by atoms with E-state index in [9.17, 15) is 14.7 Å². The molecule has 0 spiro atoms. The van der Waals surface area contributed by atoms with Crippen molar-refractivity contribution < 1.29 is 14.7 Å². The van der Waals surface area contributed by atoms with E-state index in [1.165, 1.54) is 4.90 Å². The molecular formula is C18H20N4O3. The summed E-state index contributed by atoms with van der Waals surface area (Å²) in [5, 5.41) is 14.4. The number of hydrazine groups is 1. The number of nitrogens with one attached hydrogen (secondary N) is 2. The molecule has 1 aliphatic heterocycles. The maximum Gasteiger partial charge on any atom is 0.346 e. The largest absolute Gasteiger partial charge is 0.371 e. The molecule has 1 fully saturated rings. The van der Waals surface area contributed by atoms with Gasteiger partial charge in [0.25, 0.3) is 0 Å². The zero-order valence-corrected chi connectivity index (χ0v) is 14.0. The number of carbonyl (C=O) groups is 2. The molecule has 2 aromatic rings. The van der Waals surface area contributed by atoms with Crippen molar-refractivity contribution in [2.75, 3.05) is 10.2 Å². The van der Waals surface area contributed by atoms with E-state index in [1.807, 2.05) is 12.1 Å². The highest BCUT2D eigenvalue weighted by atomic mass is 16.3. The molecule has 0 bridgehead atoms. The van der Waals surface area contributed by atoms with E-state index in [0.717, 1.165) is 5.01 Å². The van der Waals surface area contributed by atoms with Gasteiger partial charge in [-0.25, -0.2) is 20.0 Å². The standard InChI is InChI=1S/C18H20N4O3/c1-18(2)15(23)21(14-11-7-4-8-12-14)17(25)22(18)20-16(24)19-13-9-5-3-6-10-13/h3-12,15,23H,1-2H3,(H2,19,20,24)/t15-/m1/s1. The summed E-state index contributed by atoms with van der Waals surface area (Å²) >= 11 is 0. The molecule has 7 nitrogen and oxygen atoms in total. The van der Waals surface area contributed by atoms with Crippen LogP contribution >= 0.6 is 0 Å². The first-order chi connectivity index (χ1) is 11.9. The van der Waals surface area contributed by atoms with E-state index in [0.29, 0.717) is 11.4 Å². The van der Waals surface area contributed by atoms with Gasteiger partial charge in [0.15, 0.2) is 6.23 Å². The van der Waals surface area contributed by atoms with Crippen molar-refractivity contribution in [1.29, 1.82) is 0 Å². The van der Waals surface area contributed by atoms with Crippen LogP contribution in [0.5, 0.6) is 0 Å². The van der Waals surface area contributed by atoms with Crippen molar-refractivity contribution in [2.24, 2.45) is 0 Å². The highest BCUT2D eigenvalue weighted by molar-refractivity contribution is 5.98. The lowest BCUT2D eigenvalue weighted by Crippen LogP contribution is -2.56. The topological polar surface area (TPSA) is 84.9 Å². The number of benzene rings is 2. The Morgan fingerprint density at radius 1 is 1.04 bits per heavy atom. The third kappa shape index (κ3) is 3.14. The molecule has 7 heteroatoms. The van der Waals surface area contributed by atoms with E-state index in [1.54, 1.807) is 62.4 Å². The number of carbonyl (C=O) groups excluding carboxylic acids is 2. The minimum atomic E-state index is -1.11. The van der Waals surface area contributed by atoms with Crippen molar-refractivity contribution in [3.8, 4) is 0 Å². The quantitative estimate of drug-likeness (QED) is 0.803. The Balaban J connectivity index is 1.79. The Bertz CT molecular complexity index is 764. The Morgan fingerprint density at radius 3 is 2.20 bits per heavy atom. The van der Waals surface area contributed by atoms with Gasteiger partial charge in [0.2, 0.25) is 0 Å². The lowest BCUT2D eigenvalue weighted by atomic mass is 10.0. The SMILES string of the molecule is CC1(C)[C@@H](O)N(c2ccccc2)C(=O)N1NC(=O)Nc1ccccc1. The number of rotatable bonds is 3. The zero-order chi connectivity index (χ0) is 18.0. The maximum absolute atomic E-state index is 12.8. The lowest BCUT2D eigenvalue weighted by molar-refractivity contribution is 0.0442. The first-order valence-electron chi connectivity index (χ1n) is 7.90. The van der Waals surface area contributed by atoms with E-state index in [4.69, 9.17) is 0 Å². The summed E-state index contributed by atoms with van der Waals surface area (Å²) in [6.45, 7) is 3.36. The molecule has 1 atom stereocenters. The second-order valence-corrected chi connectivity index (χ2v) is 6.28. The van der Waals surface area contributed by atoms with Crippen molar-refractivity contribution in [3.05, 3.63) is 60.7 Å². The number of aliphatic hydroxyl groups is 1. The fourth-order valence-corrected chi connectivity index (χ4v) is 2.70. The smallest absolute Gasteiger partial charge is 0.346 e. The number of aliphatic hydroxyl groups excluding tert-OH is 1. The molecule has 0 radical (unpaired) electrons. The van der Waals surface area contributed by atoms with Gasteiger partial charge in [0.05, 0.1) is 0 Å². The number of hydrogen-bond acceptors (Lipinski definition) is 3. The van der Waals surface area contributed by atoms with Crippen LogP contribution in [0, 0.1) is 0 Å². The number of amides is 4. The van der Waals surface area contributed by atoms with Crippen molar-refractivity contribution in [1.82, 2.24) is 10.4 Å². The van der Waals surface area contributed by atoms with Gasteiger partial charge in [-0.1, -0.05) is 36.4 Å². The number of nitrogens with zero attached hydrogens (tertiary/aromatic N) is 2. The lowest BCUT2D eigenvalue weighted by Gasteiger charge is -2.31. The molecule has 130 valence electrons. The molecule has 3 rings (SSSR count). The summed E-state index contributed by atoms with van der Waals surface area (Å²) in [5.41, 5.74) is 2.67. The third-order valence-corrected chi connectivity index (χ3v) is 4.13. The predicted molar refractivity (Wildman–Crippen MR) is 94.8 cm³/mol. The van der Waals surface area contributed by atoms with Gasteiger partial charge in [-0.3, -0.25) is 4.90 Å². The van der Waals surface area contributed by atoms with Crippen LogP contribution in [0.4, 0.5) is 21.0 Å². The van der Waals surface area contributed by atoms with Crippen LogP contribution in [0.1, 0.15) is 13.8 Å². The summed E-state index contributed by atoms with van der Waals surface area (Å²) < 4.78 is 0. The summed E-state index contributed by atoms with van der Waals surface area (Å²) in [6.07, 6.45) is -1.11. The van der Waals surface area contributed by atoms with Gasteiger partial charge in [-0.05, 0) is 38.1 Å². The van der Waals surface area contributed by atoms with E-state index in [-0.39, 0.29) is 0 Å². The molecule has 1 heterocycles. The van der Waals surface area contributed by atoms with Crippen LogP contribution in [0.3, 0.4) is 0 Å². The summed E-state index contributed by atoms with van der Waals surface area (Å²) in [4.78, 5) is 26.3. The summed E-state index contributed by atoms with van der Waals surface area (Å²) in [6, 6.07) is 16.7. The molecule has 1 saturated heterocycles. The highest BCUT2D eigenvalue weighted by Crippen LogP contribution is 2.33. The molecule has 0 aromatic heterocycles. The number of hydrogen-bond donors (Lipinski definition) is 3. The van der Waals surface area contributed by atoms with Crippen LogP contribution in [-0.2, 0) is 0 Å². The van der Waals surface area contributed by atoms with Gasteiger partial charge in [-0.2, -0.15) is 0 Å². The fraction of sp³-hybridized carbons (Fsp3) is 0.222. The Morgan fingerprint density at radius 2 is 1.60 bits per heavy atom. The second kappa shape index (κ2) is 6.45. The average molecular weight is 340 g/mol. The normalized spacial score (nSPS) is 19.0. The molecule has 1 aliphatic rings. The van der Waals surface area contributed by atoms with Crippen LogP contribution in [0.2, 0.25) is 0 Å². The van der Waals surface area contributed by atoms with Crippen LogP contribution < -0.4 is 15.6 Å². The molecule has 3 N–H and O–H groups in total. The Kier molecular flexibility index (Phi) is 4.33. The van der Waals surface area contributed by atoms with Crippen LogP contribution in [0.25, 0.3) is 0 Å². The molecule has 0 aliphatic carbocycles. The Labute approximate surface area is 145 Å².